The maximum absolute atomic E-state index is 12.6. The molecule has 2 amide bonds. The van der Waals surface area contributed by atoms with Gasteiger partial charge in [0.25, 0.3) is 0 Å². The highest BCUT2D eigenvalue weighted by atomic mass is 19.4. The van der Waals surface area contributed by atoms with Crippen LogP contribution in [0.3, 0.4) is 0 Å². The molecule has 30 heavy (non-hydrogen) atoms. The number of amides is 2. The summed E-state index contributed by atoms with van der Waals surface area (Å²) in [5, 5.41) is 6.35. The smallest absolute Gasteiger partial charge is 0.339 e. The SMILES string of the molecule is Cc1cccc(C)c1NC(=O)CN1CCN(C(=O)Cn2ccc(C(F)(F)F)n2)CC1. The molecule has 1 aromatic carbocycles. The molecule has 0 aliphatic carbocycles. The van der Waals surface area contributed by atoms with E-state index in [1.165, 1.54) is 0 Å². The predicted molar refractivity (Wildman–Crippen MR) is 105 cm³/mol. The highest BCUT2D eigenvalue weighted by molar-refractivity contribution is 5.93. The van der Waals surface area contributed by atoms with Crippen LogP contribution in [-0.4, -0.2) is 64.1 Å². The van der Waals surface area contributed by atoms with Gasteiger partial charge < -0.3 is 10.2 Å². The summed E-state index contributed by atoms with van der Waals surface area (Å²) in [5.41, 5.74) is 1.78. The number of aryl methyl sites for hydroxylation is 2. The van der Waals surface area contributed by atoms with Crippen LogP contribution >= 0.6 is 0 Å². The third kappa shape index (κ3) is 5.38. The van der Waals surface area contributed by atoms with E-state index >= 15 is 0 Å². The Hall–Kier alpha value is -2.88. The van der Waals surface area contributed by atoms with Gasteiger partial charge in [0.15, 0.2) is 5.69 Å². The quantitative estimate of drug-likeness (QED) is 0.801. The summed E-state index contributed by atoms with van der Waals surface area (Å²) >= 11 is 0. The molecule has 0 atom stereocenters. The molecular formula is C20H24F3N5O2. The highest BCUT2D eigenvalue weighted by Gasteiger charge is 2.34. The van der Waals surface area contributed by atoms with Crippen molar-refractivity contribution in [1.82, 2.24) is 19.6 Å². The lowest BCUT2D eigenvalue weighted by molar-refractivity contribution is -0.142. The molecule has 1 aliphatic heterocycles. The number of rotatable bonds is 5. The Balaban J connectivity index is 1.47. The average molecular weight is 423 g/mol. The first-order chi connectivity index (χ1) is 14.1. The first kappa shape index (κ1) is 21.8. The zero-order valence-electron chi connectivity index (χ0n) is 16.9. The monoisotopic (exact) mass is 423 g/mol. The second-order valence-corrected chi connectivity index (χ2v) is 7.37. The minimum absolute atomic E-state index is 0.122. The van der Waals surface area contributed by atoms with E-state index in [4.69, 9.17) is 0 Å². The van der Waals surface area contributed by atoms with Crippen molar-refractivity contribution >= 4 is 17.5 Å². The molecule has 0 unspecified atom stereocenters. The van der Waals surface area contributed by atoms with Crippen molar-refractivity contribution in [3.05, 3.63) is 47.3 Å². The molecule has 7 nitrogen and oxygen atoms in total. The summed E-state index contributed by atoms with van der Waals surface area (Å²) in [6.07, 6.45) is -3.38. The molecule has 162 valence electrons. The van der Waals surface area contributed by atoms with E-state index in [-0.39, 0.29) is 24.9 Å². The first-order valence-electron chi connectivity index (χ1n) is 9.60. The number of carbonyl (C=O) groups excluding carboxylic acids is 2. The van der Waals surface area contributed by atoms with Gasteiger partial charge in [-0.3, -0.25) is 19.2 Å². The zero-order chi connectivity index (χ0) is 21.9. The van der Waals surface area contributed by atoms with Crippen molar-refractivity contribution in [3.63, 3.8) is 0 Å². The van der Waals surface area contributed by atoms with Crippen LogP contribution in [0.4, 0.5) is 18.9 Å². The van der Waals surface area contributed by atoms with Gasteiger partial charge in [-0.05, 0) is 31.0 Å². The number of piperazine rings is 1. The summed E-state index contributed by atoms with van der Waals surface area (Å²) < 4.78 is 38.8. The number of benzene rings is 1. The predicted octanol–water partition coefficient (Wildman–Crippen LogP) is 2.30. The van der Waals surface area contributed by atoms with Gasteiger partial charge in [-0.25, -0.2) is 0 Å². The number of alkyl halides is 3. The van der Waals surface area contributed by atoms with Crippen molar-refractivity contribution in [2.45, 2.75) is 26.6 Å². The number of para-hydroxylation sites is 1. The Morgan fingerprint density at radius 1 is 1.03 bits per heavy atom. The lowest BCUT2D eigenvalue weighted by Gasteiger charge is -2.34. The molecule has 0 saturated carbocycles. The number of nitrogens with one attached hydrogen (secondary N) is 1. The molecule has 2 aromatic rings. The summed E-state index contributed by atoms with van der Waals surface area (Å²) in [6, 6.07) is 6.65. The van der Waals surface area contributed by atoms with Crippen LogP contribution in [0.25, 0.3) is 0 Å². The van der Waals surface area contributed by atoms with Crippen LogP contribution < -0.4 is 5.32 Å². The Kier molecular flexibility index (Phi) is 6.45. The number of nitrogens with zero attached hydrogens (tertiary/aromatic N) is 4. The van der Waals surface area contributed by atoms with E-state index in [1.54, 1.807) is 4.90 Å². The molecule has 1 aromatic heterocycles. The lowest BCUT2D eigenvalue weighted by atomic mass is 10.1. The third-order valence-electron chi connectivity index (χ3n) is 5.07. The molecule has 2 heterocycles. The summed E-state index contributed by atoms with van der Waals surface area (Å²) in [5.74, 6) is -0.421. The van der Waals surface area contributed by atoms with Gasteiger partial charge in [-0.15, -0.1) is 0 Å². The van der Waals surface area contributed by atoms with Crippen LogP contribution in [0.15, 0.2) is 30.5 Å². The number of hydrogen-bond donors (Lipinski definition) is 1. The van der Waals surface area contributed by atoms with Crippen LogP contribution in [-0.2, 0) is 22.3 Å². The van der Waals surface area contributed by atoms with Crippen LogP contribution in [0.1, 0.15) is 16.8 Å². The number of halogens is 3. The number of carbonyl (C=O) groups is 2. The largest absolute Gasteiger partial charge is 0.435 e. The lowest BCUT2D eigenvalue weighted by Crippen LogP contribution is -2.51. The third-order valence-corrected chi connectivity index (χ3v) is 5.07. The number of hydrogen-bond acceptors (Lipinski definition) is 4. The number of aromatic nitrogens is 2. The highest BCUT2D eigenvalue weighted by Crippen LogP contribution is 2.27. The molecule has 0 radical (unpaired) electrons. The van der Waals surface area contributed by atoms with E-state index in [1.807, 2.05) is 36.9 Å². The second-order valence-electron chi connectivity index (χ2n) is 7.37. The Morgan fingerprint density at radius 3 is 2.23 bits per heavy atom. The normalized spacial score (nSPS) is 15.3. The van der Waals surface area contributed by atoms with Gasteiger partial charge in [0, 0.05) is 38.1 Å². The molecule has 1 saturated heterocycles. The maximum atomic E-state index is 12.6. The summed E-state index contributed by atoms with van der Waals surface area (Å²) in [6.45, 7) is 5.67. The molecule has 0 spiro atoms. The molecule has 1 N–H and O–H groups in total. The fraction of sp³-hybridized carbons (Fsp3) is 0.450. The van der Waals surface area contributed by atoms with E-state index < -0.39 is 11.9 Å². The summed E-state index contributed by atoms with van der Waals surface area (Å²) in [4.78, 5) is 28.3. The van der Waals surface area contributed by atoms with Crippen molar-refractivity contribution in [2.24, 2.45) is 0 Å². The topological polar surface area (TPSA) is 70.5 Å². The Bertz CT molecular complexity index is 897. The fourth-order valence-electron chi connectivity index (χ4n) is 3.39. The van der Waals surface area contributed by atoms with Gasteiger partial charge >= 0.3 is 6.18 Å². The van der Waals surface area contributed by atoms with Gasteiger partial charge in [0.05, 0.1) is 6.54 Å². The molecule has 0 bridgehead atoms. The van der Waals surface area contributed by atoms with Crippen LogP contribution in [0.2, 0.25) is 0 Å². The van der Waals surface area contributed by atoms with E-state index in [0.29, 0.717) is 26.2 Å². The van der Waals surface area contributed by atoms with Crippen LogP contribution in [0, 0.1) is 13.8 Å². The molecule has 1 aliphatic rings. The van der Waals surface area contributed by atoms with Crippen molar-refractivity contribution in [2.75, 3.05) is 38.0 Å². The minimum Gasteiger partial charge on any atom is -0.339 e. The summed E-state index contributed by atoms with van der Waals surface area (Å²) in [7, 11) is 0. The van der Waals surface area contributed by atoms with Crippen LogP contribution in [0.5, 0.6) is 0 Å². The van der Waals surface area contributed by atoms with Crippen molar-refractivity contribution in [1.29, 1.82) is 0 Å². The van der Waals surface area contributed by atoms with Crippen molar-refractivity contribution < 1.29 is 22.8 Å². The van der Waals surface area contributed by atoms with E-state index in [2.05, 4.69) is 10.4 Å². The molecular weight excluding hydrogens is 399 g/mol. The van der Waals surface area contributed by atoms with Gasteiger partial charge in [-0.2, -0.15) is 18.3 Å². The van der Waals surface area contributed by atoms with Gasteiger partial charge in [-0.1, -0.05) is 18.2 Å². The fourth-order valence-corrected chi connectivity index (χ4v) is 3.39. The first-order valence-corrected chi connectivity index (χ1v) is 9.60. The minimum atomic E-state index is -4.53. The van der Waals surface area contributed by atoms with E-state index in [0.717, 1.165) is 33.8 Å². The molecule has 10 heteroatoms. The van der Waals surface area contributed by atoms with Gasteiger partial charge in [0.2, 0.25) is 11.8 Å². The van der Waals surface area contributed by atoms with E-state index in [9.17, 15) is 22.8 Å². The Labute approximate surface area is 172 Å². The average Bonchev–Trinajstić information content (AvgIpc) is 3.14. The number of anilines is 1. The van der Waals surface area contributed by atoms with Gasteiger partial charge in [0.1, 0.15) is 6.54 Å². The maximum Gasteiger partial charge on any atom is 0.435 e. The molecule has 3 rings (SSSR count). The second kappa shape index (κ2) is 8.86. The zero-order valence-corrected chi connectivity index (χ0v) is 16.9. The standard InChI is InChI=1S/C20H24F3N5O2/c1-14-4-3-5-15(2)19(14)24-17(29)12-26-8-10-27(11-9-26)18(30)13-28-7-6-16(25-28)20(21,22)23/h3-7H,8-13H2,1-2H3,(H,24,29). The molecule has 1 fully saturated rings. The Morgan fingerprint density at radius 2 is 1.67 bits per heavy atom. The van der Waals surface area contributed by atoms with Crippen molar-refractivity contribution in [3.8, 4) is 0 Å².